The zero-order valence-electron chi connectivity index (χ0n) is 16.3. The summed E-state index contributed by atoms with van der Waals surface area (Å²) in [5, 5.41) is 0. The van der Waals surface area contributed by atoms with E-state index in [9.17, 15) is 0 Å². The van der Waals surface area contributed by atoms with Gasteiger partial charge >= 0.3 is 0 Å². The molecule has 2 unspecified atom stereocenters. The molecular weight excluding hydrogens is 276 g/mol. The van der Waals surface area contributed by atoms with Gasteiger partial charge < -0.3 is 0 Å². The Labute approximate surface area is 145 Å². The molecule has 0 saturated heterocycles. The van der Waals surface area contributed by atoms with Crippen molar-refractivity contribution in [3.8, 4) is 0 Å². The molecule has 0 radical (unpaired) electrons. The second-order valence-corrected chi connectivity index (χ2v) is 10.7. The lowest BCUT2D eigenvalue weighted by Crippen LogP contribution is -2.54. The van der Waals surface area contributed by atoms with Crippen molar-refractivity contribution in [2.45, 2.75) is 105 Å². The first kappa shape index (κ1) is 16.5. The summed E-state index contributed by atoms with van der Waals surface area (Å²) in [4.78, 5) is 0. The first-order valence-electron chi connectivity index (χ1n) is 10.9. The molecule has 0 aromatic rings. The highest BCUT2D eigenvalue weighted by Crippen LogP contribution is 2.71. The Hall–Kier alpha value is 0. The molecule has 0 heterocycles. The first-order valence-corrected chi connectivity index (χ1v) is 10.9. The highest BCUT2D eigenvalue weighted by Gasteiger charge is 2.62. The van der Waals surface area contributed by atoms with Crippen LogP contribution < -0.4 is 0 Å². The third-order valence-electron chi connectivity index (χ3n) is 10.2. The van der Waals surface area contributed by atoms with Crippen LogP contribution in [0.15, 0.2) is 0 Å². The van der Waals surface area contributed by atoms with E-state index in [1.165, 1.54) is 38.5 Å². The Bertz CT molecular complexity index is 453. The average Bonchev–Trinajstić information content (AvgIpc) is 2.79. The average molecular weight is 317 g/mol. The lowest BCUT2D eigenvalue weighted by Gasteiger charge is -2.61. The minimum absolute atomic E-state index is 0.641. The van der Waals surface area contributed by atoms with Crippen LogP contribution in [0.3, 0.4) is 0 Å². The molecule has 0 nitrogen and oxygen atoms in total. The predicted octanol–water partition coefficient (Wildman–Crippen LogP) is 7.23. The van der Waals surface area contributed by atoms with Gasteiger partial charge in [-0.2, -0.15) is 0 Å². The van der Waals surface area contributed by atoms with Gasteiger partial charge in [0.05, 0.1) is 0 Å². The number of rotatable bonds is 2. The van der Waals surface area contributed by atoms with E-state index < -0.39 is 0 Å². The van der Waals surface area contributed by atoms with E-state index in [0.29, 0.717) is 16.2 Å². The van der Waals surface area contributed by atoms with E-state index in [-0.39, 0.29) is 0 Å². The molecule has 4 rings (SSSR count). The van der Waals surface area contributed by atoms with E-state index in [4.69, 9.17) is 0 Å². The van der Waals surface area contributed by atoms with Crippen LogP contribution in [0.1, 0.15) is 105 Å². The van der Waals surface area contributed by atoms with Crippen molar-refractivity contribution in [3.05, 3.63) is 0 Å². The van der Waals surface area contributed by atoms with Crippen LogP contribution in [-0.2, 0) is 0 Å². The van der Waals surface area contributed by atoms with Crippen molar-refractivity contribution in [2.75, 3.05) is 0 Å². The van der Waals surface area contributed by atoms with Gasteiger partial charge in [0.1, 0.15) is 0 Å². The van der Waals surface area contributed by atoms with Crippen LogP contribution in [-0.4, -0.2) is 0 Å². The zero-order chi connectivity index (χ0) is 16.3. The molecule has 4 fully saturated rings. The summed E-state index contributed by atoms with van der Waals surface area (Å²) in [6, 6.07) is 0. The molecule has 0 amide bonds. The van der Waals surface area contributed by atoms with Gasteiger partial charge in [-0.1, -0.05) is 47.0 Å². The van der Waals surface area contributed by atoms with Gasteiger partial charge in [-0.3, -0.25) is 0 Å². The fraction of sp³-hybridized carbons (Fsp3) is 1.00. The lowest BCUT2D eigenvalue weighted by atomic mass is 9.43. The molecule has 4 aliphatic rings. The van der Waals surface area contributed by atoms with Crippen LogP contribution in [0.4, 0.5) is 0 Å². The Morgan fingerprint density at radius 1 is 0.783 bits per heavy atom. The third-order valence-corrected chi connectivity index (χ3v) is 10.2. The summed E-state index contributed by atoms with van der Waals surface area (Å²) in [7, 11) is 0. The minimum Gasteiger partial charge on any atom is -0.0654 e. The van der Waals surface area contributed by atoms with E-state index in [1.54, 1.807) is 38.5 Å². The Morgan fingerprint density at radius 3 is 2.35 bits per heavy atom. The molecule has 0 aromatic heterocycles. The molecular formula is C23H40. The summed E-state index contributed by atoms with van der Waals surface area (Å²) in [5.41, 5.74) is 2.01. The van der Waals surface area contributed by atoms with E-state index in [2.05, 4.69) is 27.7 Å². The fourth-order valence-electron chi connectivity index (χ4n) is 8.62. The fourth-order valence-corrected chi connectivity index (χ4v) is 8.62. The number of hydrogen-bond acceptors (Lipinski definition) is 0. The molecule has 23 heavy (non-hydrogen) atoms. The van der Waals surface area contributed by atoms with Gasteiger partial charge in [-0.15, -0.1) is 0 Å². The molecule has 4 saturated carbocycles. The molecule has 0 N–H and O–H groups in total. The SMILES string of the molecule is CCCC1(C)CC[C@H]2[C@@H]3CCC4CCCC[C@]4(C)[C@@H]3CC[C@@]21C. The lowest BCUT2D eigenvalue weighted by molar-refractivity contribution is -0.124. The molecule has 132 valence electrons. The Balaban J connectivity index is 1.63. The summed E-state index contributed by atoms with van der Waals surface area (Å²) in [6.07, 6.45) is 18.3. The smallest absolute Gasteiger partial charge is 0.0241 e. The maximum Gasteiger partial charge on any atom is -0.0241 e. The van der Waals surface area contributed by atoms with Gasteiger partial charge in [-0.25, -0.2) is 0 Å². The van der Waals surface area contributed by atoms with Crippen molar-refractivity contribution in [1.29, 1.82) is 0 Å². The number of hydrogen-bond donors (Lipinski definition) is 0. The van der Waals surface area contributed by atoms with Crippen molar-refractivity contribution >= 4 is 0 Å². The van der Waals surface area contributed by atoms with Gasteiger partial charge in [0.25, 0.3) is 0 Å². The van der Waals surface area contributed by atoms with Crippen molar-refractivity contribution in [3.63, 3.8) is 0 Å². The molecule has 7 atom stereocenters. The van der Waals surface area contributed by atoms with Gasteiger partial charge in [0, 0.05) is 0 Å². The highest BCUT2D eigenvalue weighted by molar-refractivity contribution is 5.11. The minimum atomic E-state index is 0.641. The van der Waals surface area contributed by atoms with Crippen LogP contribution >= 0.6 is 0 Å². The van der Waals surface area contributed by atoms with Gasteiger partial charge in [0.15, 0.2) is 0 Å². The molecule has 0 heteroatoms. The predicted molar refractivity (Wildman–Crippen MR) is 99.4 cm³/mol. The van der Waals surface area contributed by atoms with Crippen molar-refractivity contribution in [2.24, 2.45) is 39.9 Å². The molecule has 0 aliphatic heterocycles. The maximum absolute atomic E-state index is 2.72. The highest BCUT2D eigenvalue weighted by atomic mass is 14.7. The van der Waals surface area contributed by atoms with Gasteiger partial charge in [0.2, 0.25) is 0 Å². The summed E-state index contributed by atoms with van der Waals surface area (Å²) >= 11 is 0. The van der Waals surface area contributed by atoms with E-state index in [1.807, 2.05) is 0 Å². The molecule has 0 spiro atoms. The van der Waals surface area contributed by atoms with E-state index in [0.717, 1.165) is 23.7 Å². The largest absolute Gasteiger partial charge is 0.0654 e. The topological polar surface area (TPSA) is 0 Å². The monoisotopic (exact) mass is 316 g/mol. The van der Waals surface area contributed by atoms with Gasteiger partial charge in [-0.05, 0) is 97.7 Å². The normalized spacial score (nSPS) is 55.8. The van der Waals surface area contributed by atoms with Crippen LogP contribution in [0, 0.1) is 39.9 Å². The third kappa shape index (κ3) is 2.15. The summed E-state index contributed by atoms with van der Waals surface area (Å²) in [5.74, 6) is 4.28. The summed E-state index contributed by atoms with van der Waals surface area (Å²) < 4.78 is 0. The van der Waals surface area contributed by atoms with Crippen LogP contribution in [0.2, 0.25) is 0 Å². The zero-order valence-corrected chi connectivity index (χ0v) is 16.3. The van der Waals surface area contributed by atoms with Crippen molar-refractivity contribution < 1.29 is 0 Å². The van der Waals surface area contributed by atoms with Crippen LogP contribution in [0.25, 0.3) is 0 Å². The first-order chi connectivity index (χ1) is 10.9. The maximum atomic E-state index is 2.72. The number of fused-ring (bicyclic) bond motifs is 5. The Kier molecular flexibility index (Phi) is 3.94. The molecule has 4 aliphatic carbocycles. The molecule has 0 bridgehead atoms. The van der Waals surface area contributed by atoms with Crippen molar-refractivity contribution in [1.82, 2.24) is 0 Å². The second-order valence-electron chi connectivity index (χ2n) is 10.7. The summed E-state index contributed by atoms with van der Waals surface area (Å²) in [6.45, 7) is 10.5. The standard InChI is InChI=1S/C23H40/c1-5-13-21(2)15-11-20-18-10-9-17-8-6-7-14-22(17,3)19(18)12-16-23(20,21)4/h17-20H,5-16H2,1-4H3/t17?,18-,19-,20+,21?,22+,23+/m1/s1. The second kappa shape index (κ2) is 5.50. The van der Waals surface area contributed by atoms with Crippen LogP contribution in [0.5, 0.6) is 0 Å². The Morgan fingerprint density at radius 2 is 1.57 bits per heavy atom. The molecule has 0 aromatic carbocycles. The quantitative estimate of drug-likeness (QED) is 0.504. The van der Waals surface area contributed by atoms with E-state index >= 15 is 0 Å².